The summed E-state index contributed by atoms with van der Waals surface area (Å²) < 4.78 is 2.30. The molecule has 90 valence electrons. The molecule has 1 unspecified atom stereocenters. The number of hydrogen-bond acceptors (Lipinski definition) is 2. The smallest absolute Gasteiger partial charge is 0.127 e. The fourth-order valence-electron chi connectivity index (χ4n) is 2.21. The number of anilines is 1. The molecule has 0 spiro atoms. The minimum absolute atomic E-state index is 0.482. The number of rotatable bonds is 5. The van der Waals surface area contributed by atoms with Crippen LogP contribution in [0.4, 0.5) is 5.82 Å². The maximum absolute atomic E-state index is 6.25. The Morgan fingerprint density at radius 3 is 2.62 bits per heavy atom. The SMILES string of the molecule is CCCc1nc(C(C)CC)c(N)n1C1CC1. The van der Waals surface area contributed by atoms with Gasteiger partial charge in [-0.15, -0.1) is 0 Å². The number of imidazole rings is 1. The van der Waals surface area contributed by atoms with E-state index in [1.165, 1.54) is 18.7 Å². The van der Waals surface area contributed by atoms with Gasteiger partial charge in [0, 0.05) is 18.4 Å². The first-order chi connectivity index (χ1) is 7.69. The first-order valence-corrected chi connectivity index (χ1v) is 6.55. The lowest BCUT2D eigenvalue weighted by Gasteiger charge is -2.08. The summed E-state index contributed by atoms with van der Waals surface area (Å²) in [5, 5.41) is 0. The fourth-order valence-corrected chi connectivity index (χ4v) is 2.21. The summed E-state index contributed by atoms with van der Waals surface area (Å²) in [6.07, 6.45) is 5.85. The molecule has 0 saturated heterocycles. The van der Waals surface area contributed by atoms with Gasteiger partial charge in [0.05, 0.1) is 5.69 Å². The van der Waals surface area contributed by atoms with Crippen LogP contribution in [0.5, 0.6) is 0 Å². The minimum atomic E-state index is 0.482. The zero-order chi connectivity index (χ0) is 11.7. The normalized spacial score (nSPS) is 17.7. The highest BCUT2D eigenvalue weighted by molar-refractivity contribution is 5.41. The molecule has 1 aromatic rings. The molecule has 1 atom stereocenters. The Kier molecular flexibility index (Phi) is 3.22. The molecule has 0 aromatic carbocycles. The number of aromatic nitrogens is 2. The molecule has 1 heterocycles. The molecule has 16 heavy (non-hydrogen) atoms. The van der Waals surface area contributed by atoms with E-state index < -0.39 is 0 Å². The third kappa shape index (κ3) is 1.95. The molecule has 3 nitrogen and oxygen atoms in total. The Labute approximate surface area is 98.1 Å². The molecular formula is C13H23N3. The summed E-state index contributed by atoms with van der Waals surface area (Å²) >= 11 is 0. The van der Waals surface area contributed by atoms with Crippen molar-refractivity contribution in [3.63, 3.8) is 0 Å². The Morgan fingerprint density at radius 1 is 1.44 bits per heavy atom. The van der Waals surface area contributed by atoms with Crippen LogP contribution in [0.25, 0.3) is 0 Å². The molecule has 1 aliphatic carbocycles. The maximum Gasteiger partial charge on any atom is 0.127 e. The molecule has 0 bridgehead atoms. The molecule has 1 fully saturated rings. The molecule has 0 radical (unpaired) electrons. The highest BCUT2D eigenvalue weighted by atomic mass is 15.2. The van der Waals surface area contributed by atoms with Crippen LogP contribution < -0.4 is 5.73 Å². The van der Waals surface area contributed by atoms with Gasteiger partial charge in [-0.25, -0.2) is 4.98 Å². The van der Waals surface area contributed by atoms with E-state index in [0.29, 0.717) is 12.0 Å². The van der Waals surface area contributed by atoms with Crippen molar-refractivity contribution in [2.75, 3.05) is 5.73 Å². The van der Waals surface area contributed by atoms with Gasteiger partial charge in [-0.05, 0) is 25.7 Å². The van der Waals surface area contributed by atoms with Crippen LogP contribution in [0, 0.1) is 0 Å². The van der Waals surface area contributed by atoms with E-state index in [4.69, 9.17) is 10.7 Å². The van der Waals surface area contributed by atoms with Crippen molar-refractivity contribution in [1.82, 2.24) is 9.55 Å². The van der Waals surface area contributed by atoms with Gasteiger partial charge in [-0.1, -0.05) is 20.8 Å². The summed E-state index contributed by atoms with van der Waals surface area (Å²) in [6.45, 7) is 6.61. The van der Waals surface area contributed by atoms with Crippen LogP contribution in [0.3, 0.4) is 0 Å². The molecule has 1 aliphatic rings. The van der Waals surface area contributed by atoms with Gasteiger partial charge in [0.2, 0.25) is 0 Å². The fraction of sp³-hybridized carbons (Fsp3) is 0.769. The standard InChI is InChI=1S/C13H23N3/c1-4-6-11-15-12(9(3)5-2)13(14)16(11)10-7-8-10/h9-10H,4-8,14H2,1-3H3. The van der Waals surface area contributed by atoms with Crippen LogP contribution in [0.1, 0.15) is 69.9 Å². The van der Waals surface area contributed by atoms with Crippen molar-refractivity contribution in [2.45, 2.75) is 64.8 Å². The van der Waals surface area contributed by atoms with Crippen molar-refractivity contribution in [2.24, 2.45) is 0 Å². The zero-order valence-corrected chi connectivity index (χ0v) is 10.7. The topological polar surface area (TPSA) is 43.8 Å². The third-order valence-corrected chi connectivity index (χ3v) is 3.51. The first kappa shape index (κ1) is 11.5. The Bertz CT molecular complexity index is 363. The lowest BCUT2D eigenvalue weighted by Crippen LogP contribution is -2.06. The number of aryl methyl sites for hydroxylation is 1. The number of nitrogens with zero attached hydrogens (tertiary/aromatic N) is 2. The van der Waals surface area contributed by atoms with Crippen LogP contribution >= 0.6 is 0 Å². The minimum Gasteiger partial charge on any atom is -0.384 e. The number of nitrogens with two attached hydrogens (primary N) is 1. The van der Waals surface area contributed by atoms with E-state index in [2.05, 4.69) is 25.3 Å². The molecule has 3 heteroatoms. The summed E-state index contributed by atoms with van der Waals surface area (Å²) in [4.78, 5) is 4.77. The van der Waals surface area contributed by atoms with Gasteiger partial charge < -0.3 is 10.3 Å². The molecule has 0 amide bonds. The average molecular weight is 221 g/mol. The van der Waals surface area contributed by atoms with Gasteiger partial charge in [0.25, 0.3) is 0 Å². The first-order valence-electron chi connectivity index (χ1n) is 6.55. The van der Waals surface area contributed by atoms with E-state index in [0.717, 1.165) is 30.8 Å². The second-order valence-corrected chi connectivity index (χ2v) is 4.96. The Balaban J connectivity index is 2.36. The summed E-state index contributed by atoms with van der Waals surface area (Å²) in [6, 6.07) is 0.645. The quantitative estimate of drug-likeness (QED) is 0.829. The average Bonchev–Trinajstić information content (AvgIpc) is 3.04. The highest BCUT2D eigenvalue weighted by Gasteiger charge is 2.30. The highest BCUT2D eigenvalue weighted by Crippen LogP contribution is 2.40. The monoisotopic (exact) mass is 221 g/mol. The predicted molar refractivity (Wildman–Crippen MR) is 67.6 cm³/mol. The van der Waals surface area contributed by atoms with Crippen molar-refractivity contribution in [1.29, 1.82) is 0 Å². The van der Waals surface area contributed by atoms with Crippen LogP contribution in [0.15, 0.2) is 0 Å². The predicted octanol–water partition coefficient (Wildman–Crippen LogP) is 3.27. The maximum atomic E-state index is 6.25. The van der Waals surface area contributed by atoms with Crippen LogP contribution in [-0.2, 0) is 6.42 Å². The summed E-state index contributed by atoms with van der Waals surface area (Å²) in [5.41, 5.74) is 7.38. The van der Waals surface area contributed by atoms with E-state index in [1.807, 2.05) is 0 Å². The molecule has 2 rings (SSSR count). The number of nitrogen functional groups attached to an aromatic ring is 1. The number of hydrogen-bond donors (Lipinski definition) is 1. The van der Waals surface area contributed by atoms with Gasteiger partial charge in [-0.2, -0.15) is 0 Å². The zero-order valence-electron chi connectivity index (χ0n) is 10.7. The van der Waals surface area contributed by atoms with Crippen molar-refractivity contribution in [3.05, 3.63) is 11.5 Å². The van der Waals surface area contributed by atoms with Gasteiger partial charge in [0.15, 0.2) is 0 Å². The van der Waals surface area contributed by atoms with Crippen molar-refractivity contribution >= 4 is 5.82 Å². The third-order valence-electron chi connectivity index (χ3n) is 3.51. The molecule has 0 aliphatic heterocycles. The van der Waals surface area contributed by atoms with Gasteiger partial charge in [0.1, 0.15) is 11.6 Å². The van der Waals surface area contributed by atoms with Crippen molar-refractivity contribution in [3.8, 4) is 0 Å². The summed E-state index contributed by atoms with van der Waals surface area (Å²) in [5.74, 6) is 2.62. The van der Waals surface area contributed by atoms with E-state index >= 15 is 0 Å². The van der Waals surface area contributed by atoms with E-state index in [-0.39, 0.29) is 0 Å². The largest absolute Gasteiger partial charge is 0.384 e. The van der Waals surface area contributed by atoms with E-state index in [1.54, 1.807) is 0 Å². The molecule has 1 aromatic heterocycles. The lowest BCUT2D eigenvalue weighted by molar-refractivity contribution is 0.675. The Hall–Kier alpha value is -0.990. The Morgan fingerprint density at radius 2 is 2.12 bits per heavy atom. The van der Waals surface area contributed by atoms with E-state index in [9.17, 15) is 0 Å². The van der Waals surface area contributed by atoms with Crippen LogP contribution in [0.2, 0.25) is 0 Å². The molecular weight excluding hydrogens is 198 g/mol. The van der Waals surface area contributed by atoms with Gasteiger partial charge >= 0.3 is 0 Å². The van der Waals surface area contributed by atoms with Gasteiger partial charge in [-0.3, -0.25) is 0 Å². The van der Waals surface area contributed by atoms with Crippen molar-refractivity contribution < 1.29 is 0 Å². The summed E-state index contributed by atoms with van der Waals surface area (Å²) in [7, 11) is 0. The molecule has 1 saturated carbocycles. The second-order valence-electron chi connectivity index (χ2n) is 4.96. The lowest BCUT2D eigenvalue weighted by atomic mass is 10.1. The second kappa shape index (κ2) is 4.48. The van der Waals surface area contributed by atoms with Crippen LogP contribution in [-0.4, -0.2) is 9.55 Å². The molecule has 2 N–H and O–H groups in total.